The van der Waals surface area contributed by atoms with Crippen molar-refractivity contribution in [2.45, 2.75) is 26.2 Å². The Labute approximate surface area is 159 Å². The van der Waals surface area contributed by atoms with E-state index in [2.05, 4.69) is 10.4 Å². The van der Waals surface area contributed by atoms with E-state index in [1.165, 1.54) is 0 Å². The van der Waals surface area contributed by atoms with Gasteiger partial charge in [-0.25, -0.2) is 4.79 Å². The number of nitrogens with zero attached hydrogens (tertiary/aromatic N) is 4. The van der Waals surface area contributed by atoms with Crippen LogP contribution in [0.5, 0.6) is 0 Å². The molecule has 0 spiro atoms. The van der Waals surface area contributed by atoms with Crippen LogP contribution < -0.4 is 5.32 Å². The average Bonchev–Trinajstić information content (AvgIpc) is 3.32. The van der Waals surface area contributed by atoms with Crippen molar-refractivity contribution >= 4 is 17.6 Å². The summed E-state index contributed by atoms with van der Waals surface area (Å²) in [6.45, 7) is 4.17. The summed E-state index contributed by atoms with van der Waals surface area (Å²) in [5.74, 6) is 0.0714. The van der Waals surface area contributed by atoms with Crippen LogP contribution in [0.1, 0.15) is 34.3 Å². The Morgan fingerprint density at radius 3 is 2.63 bits per heavy atom. The first-order valence-corrected chi connectivity index (χ1v) is 9.33. The van der Waals surface area contributed by atoms with Gasteiger partial charge in [0.15, 0.2) is 0 Å². The van der Waals surface area contributed by atoms with Gasteiger partial charge in [0.1, 0.15) is 0 Å². The molecule has 1 saturated heterocycles. The molecule has 27 heavy (non-hydrogen) atoms. The Hall–Kier alpha value is -2.83. The molecule has 0 unspecified atom stereocenters. The van der Waals surface area contributed by atoms with Gasteiger partial charge >= 0.3 is 6.03 Å². The second-order valence-corrected chi connectivity index (χ2v) is 7.15. The van der Waals surface area contributed by atoms with Gasteiger partial charge in [-0.1, -0.05) is 0 Å². The molecule has 2 heterocycles. The van der Waals surface area contributed by atoms with Gasteiger partial charge in [-0.2, -0.15) is 5.10 Å². The fourth-order valence-electron chi connectivity index (χ4n) is 3.25. The van der Waals surface area contributed by atoms with Gasteiger partial charge in [0.2, 0.25) is 0 Å². The number of hydrogen-bond acceptors (Lipinski definition) is 3. The molecule has 7 heteroatoms. The van der Waals surface area contributed by atoms with Crippen molar-refractivity contribution in [1.82, 2.24) is 19.6 Å². The number of likely N-dealkylation sites (tertiary alicyclic amines) is 1. The van der Waals surface area contributed by atoms with Crippen molar-refractivity contribution < 1.29 is 9.59 Å². The molecule has 144 valence electrons. The lowest BCUT2D eigenvalue weighted by Crippen LogP contribution is -2.33. The van der Waals surface area contributed by atoms with E-state index in [0.717, 1.165) is 49.2 Å². The Morgan fingerprint density at radius 1 is 1.26 bits per heavy atom. The number of hydrogen-bond donors (Lipinski definition) is 1. The molecular weight excluding hydrogens is 342 g/mol. The summed E-state index contributed by atoms with van der Waals surface area (Å²) in [4.78, 5) is 28.5. The van der Waals surface area contributed by atoms with E-state index < -0.39 is 0 Å². The quantitative estimate of drug-likeness (QED) is 0.881. The van der Waals surface area contributed by atoms with Crippen LogP contribution in [0, 0.1) is 6.92 Å². The Morgan fingerprint density at radius 2 is 2.00 bits per heavy atom. The van der Waals surface area contributed by atoms with Gasteiger partial charge < -0.3 is 15.1 Å². The van der Waals surface area contributed by atoms with Crippen molar-refractivity contribution in [3.05, 3.63) is 47.3 Å². The minimum atomic E-state index is -0.166. The summed E-state index contributed by atoms with van der Waals surface area (Å²) in [5, 5.41) is 7.06. The topological polar surface area (TPSA) is 70.5 Å². The third-order valence-corrected chi connectivity index (χ3v) is 4.95. The summed E-state index contributed by atoms with van der Waals surface area (Å²) in [6, 6.07) is 5.29. The first-order valence-electron chi connectivity index (χ1n) is 9.33. The molecule has 0 radical (unpaired) electrons. The van der Waals surface area contributed by atoms with Gasteiger partial charge in [0, 0.05) is 51.2 Å². The Kier molecular flexibility index (Phi) is 5.78. The lowest BCUT2D eigenvalue weighted by atomic mass is 10.1. The molecule has 7 nitrogen and oxygen atoms in total. The zero-order chi connectivity index (χ0) is 19.4. The number of likely N-dealkylation sites (N-methyl/N-ethyl adjacent to an activating group) is 1. The molecule has 0 atom stereocenters. The molecule has 1 aliphatic heterocycles. The second-order valence-electron chi connectivity index (χ2n) is 7.15. The number of aryl methyl sites for hydroxylation is 2. The van der Waals surface area contributed by atoms with Crippen LogP contribution >= 0.6 is 0 Å². The molecule has 3 rings (SSSR count). The molecule has 1 N–H and O–H groups in total. The molecule has 3 amide bonds. The molecule has 1 fully saturated rings. The van der Waals surface area contributed by atoms with Crippen LogP contribution in [0.15, 0.2) is 30.6 Å². The highest BCUT2D eigenvalue weighted by Crippen LogP contribution is 2.20. The highest BCUT2D eigenvalue weighted by atomic mass is 16.2. The van der Waals surface area contributed by atoms with E-state index in [1.54, 1.807) is 22.7 Å². The zero-order valence-electron chi connectivity index (χ0n) is 16.2. The van der Waals surface area contributed by atoms with Crippen molar-refractivity contribution in [3.8, 4) is 0 Å². The minimum absolute atomic E-state index is 0.0714. The summed E-state index contributed by atoms with van der Waals surface area (Å²) >= 11 is 0. The van der Waals surface area contributed by atoms with Crippen molar-refractivity contribution in [2.75, 3.05) is 32.0 Å². The maximum Gasteiger partial charge on any atom is 0.321 e. The van der Waals surface area contributed by atoms with E-state index >= 15 is 0 Å². The molecular formula is C20H27N5O2. The Balaban J connectivity index is 1.57. The first-order chi connectivity index (χ1) is 12.9. The van der Waals surface area contributed by atoms with Gasteiger partial charge in [-0.3, -0.25) is 9.48 Å². The van der Waals surface area contributed by atoms with Crippen LogP contribution in [0.4, 0.5) is 10.5 Å². The molecule has 1 aromatic heterocycles. The number of benzene rings is 1. The summed E-state index contributed by atoms with van der Waals surface area (Å²) in [6.07, 6.45) is 6.66. The smallest absolute Gasteiger partial charge is 0.321 e. The van der Waals surface area contributed by atoms with E-state index in [9.17, 15) is 9.59 Å². The molecule has 1 aliphatic rings. The number of anilines is 1. The fraction of sp³-hybridized carbons (Fsp3) is 0.450. The van der Waals surface area contributed by atoms with Crippen molar-refractivity contribution in [1.29, 1.82) is 0 Å². The zero-order valence-corrected chi connectivity index (χ0v) is 16.2. The largest absolute Gasteiger partial charge is 0.339 e. The number of carbonyl (C=O) groups excluding carboxylic acids is 2. The van der Waals surface area contributed by atoms with E-state index in [4.69, 9.17) is 0 Å². The van der Waals surface area contributed by atoms with Crippen LogP contribution in [0.2, 0.25) is 0 Å². The van der Waals surface area contributed by atoms with E-state index in [-0.39, 0.29) is 11.9 Å². The summed E-state index contributed by atoms with van der Waals surface area (Å²) in [7, 11) is 3.65. The highest BCUT2D eigenvalue weighted by Gasteiger charge is 2.20. The van der Waals surface area contributed by atoms with E-state index in [0.29, 0.717) is 12.1 Å². The standard InChI is InChI=1S/C20H27N5O2/c1-15-12-17(19(26)25-9-4-5-10-25)6-7-18(15)22-20(27)23(2)11-8-16-13-21-24(3)14-16/h6-7,12-14H,4-5,8-11H2,1-3H3,(H,22,27). The number of rotatable bonds is 5. The maximum atomic E-state index is 12.5. The third-order valence-electron chi connectivity index (χ3n) is 4.95. The number of carbonyl (C=O) groups is 2. The lowest BCUT2D eigenvalue weighted by Gasteiger charge is -2.19. The molecule has 1 aromatic carbocycles. The number of amides is 3. The SMILES string of the molecule is Cc1cc(C(=O)N2CCCC2)ccc1NC(=O)N(C)CCc1cnn(C)c1. The third kappa shape index (κ3) is 4.67. The molecule has 0 saturated carbocycles. The predicted molar refractivity (Wildman–Crippen MR) is 105 cm³/mol. The average molecular weight is 369 g/mol. The number of aromatic nitrogens is 2. The fourth-order valence-corrected chi connectivity index (χ4v) is 3.25. The monoisotopic (exact) mass is 369 g/mol. The van der Waals surface area contributed by atoms with E-state index in [1.807, 2.05) is 43.4 Å². The molecule has 0 bridgehead atoms. The van der Waals surface area contributed by atoms with Crippen LogP contribution in [-0.2, 0) is 13.5 Å². The van der Waals surface area contributed by atoms with Gasteiger partial charge in [-0.05, 0) is 55.5 Å². The van der Waals surface area contributed by atoms with Crippen molar-refractivity contribution in [2.24, 2.45) is 7.05 Å². The van der Waals surface area contributed by atoms with Gasteiger partial charge in [0.25, 0.3) is 5.91 Å². The van der Waals surface area contributed by atoms with Crippen LogP contribution in [-0.4, -0.2) is 58.2 Å². The van der Waals surface area contributed by atoms with Gasteiger partial charge in [0.05, 0.1) is 6.20 Å². The number of nitrogens with one attached hydrogen (secondary N) is 1. The minimum Gasteiger partial charge on any atom is -0.339 e. The molecule has 2 aromatic rings. The summed E-state index contributed by atoms with van der Waals surface area (Å²) in [5.41, 5.74) is 3.38. The second kappa shape index (κ2) is 8.24. The lowest BCUT2D eigenvalue weighted by molar-refractivity contribution is 0.0792. The first kappa shape index (κ1) is 18.9. The normalized spacial score (nSPS) is 13.7. The van der Waals surface area contributed by atoms with Crippen molar-refractivity contribution in [3.63, 3.8) is 0 Å². The number of urea groups is 1. The molecule has 0 aliphatic carbocycles. The predicted octanol–water partition coefficient (Wildman–Crippen LogP) is 2.67. The van der Waals surface area contributed by atoms with Crippen LogP contribution in [0.25, 0.3) is 0 Å². The Bertz CT molecular complexity index is 824. The van der Waals surface area contributed by atoms with Gasteiger partial charge in [-0.15, -0.1) is 0 Å². The highest BCUT2D eigenvalue weighted by molar-refractivity contribution is 5.96. The maximum absolute atomic E-state index is 12.5. The van der Waals surface area contributed by atoms with Crippen LogP contribution in [0.3, 0.4) is 0 Å². The summed E-state index contributed by atoms with van der Waals surface area (Å²) < 4.78 is 1.75.